The Bertz CT molecular complexity index is 248. The molecule has 0 radical (unpaired) electrons. The van der Waals surface area contributed by atoms with Crippen LogP contribution in [0.25, 0.3) is 0 Å². The van der Waals surface area contributed by atoms with Gasteiger partial charge in [0.25, 0.3) is 0 Å². The van der Waals surface area contributed by atoms with E-state index in [1.165, 1.54) is 19.9 Å². The molecule has 80 valence electrons. The first-order chi connectivity index (χ1) is 6.33. The number of hydrogen-bond acceptors (Lipinski definition) is 4. The summed E-state index contributed by atoms with van der Waals surface area (Å²) in [7, 11) is 0. The Morgan fingerprint density at radius 1 is 1.29 bits per heavy atom. The van der Waals surface area contributed by atoms with E-state index < -0.39 is 9.39 Å². The van der Waals surface area contributed by atoms with Crippen molar-refractivity contribution in [2.24, 2.45) is 0 Å². The minimum atomic E-state index is -1.04. The van der Waals surface area contributed by atoms with Crippen LogP contribution in [0.5, 0.6) is 0 Å². The molecule has 0 aromatic rings. The van der Waals surface area contributed by atoms with Crippen molar-refractivity contribution in [3.63, 3.8) is 0 Å². The third-order valence-corrected chi connectivity index (χ3v) is 1.83. The van der Waals surface area contributed by atoms with Gasteiger partial charge in [-0.05, 0) is 44.0 Å². The topological polar surface area (TPSA) is 52.6 Å². The number of ether oxygens (including phenoxy) is 2. The van der Waals surface area contributed by atoms with Crippen molar-refractivity contribution in [3.8, 4) is 0 Å². The highest BCUT2D eigenvalue weighted by molar-refractivity contribution is 9.25. The van der Waals surface area contributed by atoms with Crippen LogP contribution in [0.2, 0.25) is 0 Å². The highest BCUT2D eigenvalue weighted by Crippen LogP contribution is 2.29. The van der Waals surface area contributed by atoms with E-state index in [-0.39, 0.29) is 12.6 Å². The van der Waals surface area contributed by atoms with Crippen molar-refractivity contribution in [2.45, 2.75) is 17.3 Å². The summed E-state index contributed by atoms with van der Waals surface area (Å²) < 4.78 is 8.41. The molecule has 0 aliphatic rings. The van der Waals surface area contributed by atoms with E-state index in [9.17, 15) is 9.59 Å². The van der Waals surface area contributed by atoms with E-state index >= 15 is 0 Å². The fourth-order valence-corrected chi connectivity index (χ4v) is 1.41. The van der Waals surface area contributed by atoms with Crippen molar-refractivity contribution in [1.82, 2.24) is 0 Å². The van der Waals surface area contributed by atoms with Gasteiger partial charge in [-0.3, -0.25) is 9.59 Å². The summed E-state index contributed by atoms with van der Waals surface area (Å²) in [6.07, 6.45) is 3.06. The summed E-state index contributed by atoms with van der Waals surface area (Å²) in [5.74, 6) is -0.798. The van der Waals surface area contributed by atoms with E-state index in [0.717, 1.165) is 0 Å². The molecule has 0 amide bonds. The molecular weight excluding hydrogens is 320 g/mol. The van der Waals surface area contributed by atoms with Gasteiger partial charge in [-0.2, -0.15) is 0 Å². The van der Waals surface area contributed by atoms with Gasteiger partial charge in [0.05, 0.1) is 0 Å². The Morgan fingerprint density at radius 3 is 2.29 bits per heavy atom. The summed E-state index contributed by atoms with van der Waals surface area (Å²) in [4.78, 5) is 21.0. The fourth-order valence-electron chi connectivity index (χ4n) is 0.576. The SMILES string of the molecule is CC(=O)OCC=CC(Br)(Br)OC(C)=O. The van der Waals surface area contributed by atoms with Crippen LogP contribution in [0.1, 0.15) is 13.8 Å². The third kappa shape index (κ3) is 8.25. The number of carbonyl (C=O) groups is 2. The standard InChI is InChI=1S/C8H10Br2O4/c1-6(11)13-5-3-4-8(9,10)14-7(2)12/h3-4H,5H2,1-2H3. The Hall–Kier alpha value is -0.360. The van der Waals surface area contributed by atoms with Crippen LogP contribution in [0.3, 0.4) is 0 Å². The maximum atomic E-state index is 10.6. The zero-order valence-electron chi connectivity index (χ0n) is 7.75. The number of rotatable bonds is 4. The quantitative estimate of drug-likeness (QED) is 0.450. The van der Waals surface area contributed by atoms with E-state index in [1.54, 1.807) is 6.08 Å². The van der Waals surface area contributed by atoms with Gasteiger partial charge in [0, 0.05) is 13.8 Å². The van der Waals surface area contributed by atoms with Crippen molar-refractivity contribution < 1.29 is 19.1 Å². The zero-order chi connectivity index (χ0) is 11.2. The lowest BCUT2D eigenvalue weighted by Gasteiger charge is -2.15. The molecule has 0 aromatic carbocycles. The summed E-state index contributed by atoms with van der Waals surface area (Å²) in [6.45, 7) is 2.74. The second-order valence-electron chi connectivity index (χ2n) is 2.36. The minimum Gasteiger partial charge on any atom is -0.462 e. The van der Waals surface area contributed by atoms with Crippen LogP contribution in [0, 0.1) is 0 Å². The molecule has 0 atom stereocenters. The molecule has 0 saturated carbocycles. The molecule has 0 bridgehead atoms. The van der Waals surface area contributed by atoms with Gasteiger partial charge in [0.1, 0.15) is 6.61 Å². The van der Waals surface area contributed by atoms with Gasteiger partial charge in [0.15, 0.2) is 0 Å². The van der Waals surface area contributed by atoms with E-state index in [2.05, 4.69) is 36.6 Å². The largest absolute Gasteiger partial charge is 0.462 e. The fraction of sp³-hybridized carbons (Fsp3) is 0.500. The molecule has 14 heavy (non-hydrogen) atoms. The first-order valence-corrected chi connectivity index (χ1v) is 5.30. The smallest absolute Gasteiger partial charge is 0.304 e. The number of carbonyl (C=O) groups excluding carboxylic acids is 2. The van der Waals surface area contributed by atoms with Gasteiger partial charge in [-0.25, -0.2) is 0 Å². The number of esters is 2. The van der Waals surface area contributed by atoms with E-state index in [4.69, 9.17) is 4.74 Å². The van der Waals surface area contributed by atoms with Crippen LogP contribution in [0.4, 0.5) is 0 Å². The van der Waals surface area contributed by atoms with Gasteiger partial charge in [-0.15, -0.1) is 0 Å². The Labute approximate surface area is 98.9 Å². The van der Waals surface area contributed by atoms with Crippen LogP contribution in [-0.2, 0) is 19.1 Å². The Kier molecular flexibility index (Phi) is 6.03. The van der Waals surface area contributed by atoms with Gasteiger partial charge in [0.2, 0.25) is 3.42 Å². The minimum absolute atomic E-state index is 0.134. The maximum Gasteiger partial charge on any atom is 0.304 e. The zero-order valence-corrected chi connectivity index (χ0v) is 10.9. The molecule has 0 saturated heterocycles. The Morgan fingerprint density at radius 2 is 1.86 bits per heavy atom. The van der Waals surface area contributed by atoms with Crippen LogP contribution in [0.15, 0.2) is 12.2 Å². The van der Waals surface area contributed by atoms with Crippen LogP contribution in [-0.4, -0.2) is 22.0 Å². The van der Waals surface area contributed by atoms with Crippen LogP contribution >= 0.6 is 31.9 Å². The molecule has 0 spiro atoms. The number of halogens is 2. The first kappa shape index (κ1) is 13.6. The first-order valence-electron chi connectivity index (χ1n) is 3.72. The van der Waals surface area contributed by atoms with Crippen molar-refractivity contribution in [1.29, 1.82) is 0 Å². The molecule has 4 nitrogen and oxygen atoms in total. The molecule has 0 heterocycles. The highest BCUT2D eigenvalue weighted by Gasteiger charge is 2.21. The number of alkyl halides is 2. The van der Waals surface area contributed by atoms with Gasteiger partial charge < -0.3 is 9.47 Å². The maximum absolute atomic E-state index is 10.6. The Balaban J connectivity index is 3.95. The monoisotopic (exact) mass is 328 g/mol. The lowest BCUT2D eigenvalue weighted by Crippen LogP contribution is -2.16. The molecule has 0 fully saturated rings. The molecule has 0 unspecified atom stereocenters. The molecule has 0 N–H and O–H groups in total. The second kappa shape index (κ2) is 6.19. The average Bonchev–Trinajstić information content (AvgIpc) is 1.95. The van der Waals surface area contributed by atoms with Crippen LogP contribution < -0.4 is 0 Å². The third-order valence-electron chi connectivity index (χ3n) is 0.975. The van der Waals surface area contributed by atoms with Crippen molar-refractivity contribution in [3.05, 3.63) is 12.2 Å². The van der Waals surface area contributed by atoms with E-state index in [0.29, 0.717) is 0 Å². The molecule has 0 aliphatic carbocycles. The molecule has 0 aromatic heterocycles. The number of hydrogen-bond donors (Lipinski definition) is 0. The predicted octanol–water partition coefficient (Wildman–Crippen LogP) is 2.11. The lowest BCUT2D eigenvalue weighted by atomic mass is 10.5. The normalized spacial score (nSPS) is 11.4. The summed E-state index contributed by atoms with van der Waals surface area (Å²) in [5, 5.41) is 0. The summed E-state index contributed by atoms with van der Waals surface area (Å²) >= 11 is 6.19. The molecule has 6 heteroatoms. The average molecular weight is 330 g/mol. The van der Waals surface area contributed by atoms with E-state index in [1.807, 2.05) is 0 Å². The predicted molar refractivity (Wildman–Crippen MR) is 58.1 cm³/mol. The van der Waals surface area contributed by atoms with Gasteiger partial charge >= 0.3 is 11.9 Å². The summed E-state index contributed by atoms with van der Waals surface area (Å²) in [6, 6.07) is 0. The molecule has 0 rings (SSSR count). The van der Waals surface area contributed by atoms with Gasteiger partial charge in [-0.1, -0.05) is 0 Å². The van der Waals surface area contributed by atoms with Crippen molar-refractivity contribution >= 4 is 43.8 Å². The molecular formula is C8H10Br2O4. The highest BCUT2D eigenvalue weighted by atomic mass is 79.9. The van der Waals surface area contributed by atoms with Crippen molar-refractivity contribution in [2.75, 3.05) is 6.61 Å². The summed E-state index contributed by atoms with van der Waals surface area (Å²) in [5.41, 5.74) is 0. The second-order valence-corrected chi connectivity index (χ2v) is 5.78. The lowest BCUT2D eigenvalue weighted by molar-refractivity contribution is -0.142. The molecule has 0 aliphatic heterocycles.